The van der Waals surface area contributed by atoms with E-state index < -0.39 is 10.0 Å². The van der Waals surface area contributed by atoms with E-state index >= 15 is 0 Å². The van der Waals surface area contributed by atoms with E-state index in [0.29, 0.717) is 12.3 Å². The van der Waals surface area contributed by atoms with E-state index in [9.17, 15) is 8.42 Å². The van der Waals surface area contributed by atoms with Gasteiger partial charge in [-0.15, -0.1) is 0 Å². The summed E-state index contributed by atoms with van der Waals surface area (Å²) < 4.78 is 33.1. The molecule has 0 heterocycles. The Morgan fingerprint density at radius 3 is 2.45 bits per heavy atom. The van der Waals surface area contributed by atoms with Crippen LogP contribution in [0, 0.1) is 0 Å². The van der Waals surface area contributed by atoms with E-state index in [1.54, 1.807) is 49.6 Å². The molecule has 0 saturated carbocycles. The maximum atomic E-state index is 12.3. The van der Waals surface area contributed by atoms with Crippen LogP contribution in [0.1, 0.15) is 5.56 Å². The summed E-state index contributed by atoms with van der Waals surface area (Å²) in [5.41, 5.74) is 1.26. The van der Waals surface area contributed by atoms with Crippen molar-refractivity contribution in [2.75, 3.05) is 11.8 Å². The van der Waals surface area contributed by atoms with Gasteiger partial charge in [0.05, 0.1) is 17.2 Å². The first kappa shape index (κ1) is 15.0. The van der Waals surface area contributed by atoms with Crippen LogP contribution in [0.5, 0.6) is 0 Å². The zero-order valence-electron chi connectivity index (χ0n) is 10.8. The maximum absolute atomic E-state index is 12.3. The normalized spacial score (nSPS) is 11.3. The van der Waals surface area contributed by atoms with Crippen LogP contribution in [-0.4, -0.2) is 15.5 Å². The summed E-state index contributed by atoms with van der Waals surface area (Å²) in [5, 5.41) is 0. The van der Waals surface area contributed by atoms with Crippen molar-refractivity contribution in [1.82, 2.24) is 0 Å². The molecule has 0 fully saturated rings. The molecule has 2 rings (SSSR count). The second-order valence-electron chi connectivity index (χ2n) is 4.12. The molecule has 0 unspecified atom stereocenters. The first-order valence-corrected chi connectivity index (χ1v) is 8.16. The molecule has 0 saturated heterocycles. The molecule has 20 heavy (non-hydrogen) atoms. The highest BCUT2D eigenvalue weighted by Crippen LogP contribution is 2.27. The van der Waals surface area contributed by atoms with Gasteiger partial charge in [-0.1, -0.05) is 40.2 Å². The summed E-state index contributed by atoms with van der Waals surface area (Å²) >= 11 is 3.40. The van der Waals surface area contributed by atoms with E-state index in [0.717, 1.165) is 10.0 Å². The highest BCUT2D eigenvalue weighted by atomic mass is 79.9. The summed E-state index contributed by atoms with van der Waals surface area (Å²) in [6, 6.07) is 13.6. The third-order valence-corrected chi connectivity index (χ3v) is 4.83. The Kier molecular flexibility index (Phi) is 4.80. The zero-order chi connectivity index (χ0) is 14.6. The van der Waals surface area contributed by atoms with Gasteiger partial charge in [0.15, 0.2) is 0 Å². The largest absolute Gasteiger partial charge is 0.380 e. The van der Waals surface area contributed by atoms with Crippen molar-refractivity contribution >= 4 is 31.6 Å². The number of methoxy groups -OCH3 is 1. The van der Waals surface area contributed by atoms with E-state index in [2.05, 4.69) is 20.7 Å². The van der Waals surface area contributed by atoms with E-state index in [1.807, 2.05) is 6.07 Å². The number of benzene rings is 2. The highest BCUT2D eigenvalue weighted by Gasteiger charge is 2.16. The standard InChI is InChI=1S/C14H14BrNO3S/c1-19-10-12-13(15)8-5-9-14(12)16-20(17,18)11-6-3-2-4-7-11/h2-9,16H,10H2,1H3. The highest BCUT2D eigenvalue weighted by molar-refractivity contribution is 9.10. The molecule has 4 nitrogen and oxygen atoms in total. The van der Waals surface area contributed by atoms with E-state index in [1.165, 1.54) is 0 Å². The van der Waals surface area contributed by atoms with Crippen LogP contribution in [0.15, 0.2) is 57.9 Å². The lowest BCUT2D eigenvalue weighted by Gasteiger charge is -2.13. The molecule has 106 valence electrons. The number of nitrogens with one attached hydrogen (secondary N) is 1. The molecule has 1 N–H and O–H groups in total. The van der Waals surface area contributed by atoms with Crippen molar-refractivity contribution in [3.8, 4) is 0 Å². The SMILES string of the molecule is COCc1c(Br)cccc1NS(=O)(=O)c1ccccc1. The Balaban J connectivity index is 2.37. The maximum Gasteiger partial charge on any atom is 0.261 e. The van der Waals surface area contributed by atoms with Gasteiger partial charge in [0.2, 0.25) is 0 Å². The summed E-state index contributed by atoms with van der Waals surface area (Å²) in [4.78, 5) is 0.225. The molecule has 6 heteroatoms. The van der Waals surface area contributed by atoms with Gasteiger partial charge in [-0.3, -0.25) is 4.72 Å². The average Bonchev–Trinajstić information content (AvgIpc) is 2.43. The smallest absolute Gasteiger partial charge is 0.261 e. The lowest BCUT2D eigenvalue weighted by atomic mass is 10.2. The van der Waals surface area contributed by atoms with Gasteiger partial charge in [-0.05, 0) is 24.3 Å². The van der Waals surface area contributed by atoms with Gasteiger partial charge < -0.3 is 4.74 Å². The second kappa shape index (κ2) is 6.39. The minimum Gasteiger partial charge on any atom is -0.380 e. The van der Waals surface area contributed by atoms with Gasteiger partial charge in [-0.2, -0.15) is 0 Å². The molecule has 0 radical (unpaired) electrons. The van der Waals surface area contributed by atoms with Crippen molar-refractivity contribution in [1.29, 1.82) is 0 Å². The number of rotatable bonds is 5. The number of hydrogen-bond donors (Lipinski definition) is 1. The number of anilines is 1. The van der Waals surface area contributed by atoms with Crippen molar-refractivity contribution in [3.63, 3.8) is 0 Å². The van der Waals surface area contributed by atoms with Gasteiger partial charge in [0, 0.05) is 17.1 Å². The lowest BCUT2D eigenvalue weighted by molar-refractivity contribution is 0.185. The molecule has 0 aliphatic heterocycles. The van der Waals surface area contributed by atoms with Crippen LogP contribution < -0.4 is 4.72 Å². The van der Waals surface area contributed by atoms with Crippen LogP contribution in [0.2, 0.25) is 0 Å². The molecular formula is C14H14BrNO3S. The van der Waals surface area contributed by atoms with Gasteiger partial charge in [-0.25, -0.2) is 8.42 Å². The summed E-state index contributed by atoms with van der Waals surface area (Å²) in [6.07, 6.45) is 0. The summed E-state index contributed by atoms with van der Waals surface area (Å²) in [7, 11) is -2.03. The van der Waals surface area contributed by atoms with E-state index in [4.69, 9.17) is 4.74 Å². The van der Waals surface area contributed by atoms with Crippen LogP contribution >= 0.6 is 15.9 Å². The average molecular weight is 356 g/mol. The van der Waals surface area contributed by atoms with Crippen molar-refractivity contribution in [2.24, 2.45) is 0 Å². The van der Waals surface area contributed by atoms with Crippen LogP contribution in [0.25, 0.3) is 0 Å². The van der Waals surface area contributed by atoms with E-state index in [-0.39, 0.29) is 4.90 Å². The van der Waals surface area contributed by atoms with Crippen molar-refractivity contribution in [3.05, 3.63) is 58.6 Å². The first-order chi connectivity index (χ1) is 9.54. The fourth-order valence-electron chi connectivity index (χ4n) is 1.75. The Morgan fingerprint density at radius 1 is 1.10 bits per heavy atom. The molecule has 0 aromatic heterocycles. The molecule has 2 aromatic rings. The monoisotopic (exact) mass is 355 g/mol. The molecule has 0 bridgehead atoms. The summed E-state index contributed by atoms with van der Waals surface area (Å²) in [5.74, 6) is 0. The molecule has 0 aliphatic carbocycles. The molecule has 2 aromatic carbocycles. The van der Waals surface area contributed by atoms with Crippen molar-refractivity contribution in [2.45, 2.75) is 11.5 Å². The molecule has 0 amide bonds. The third kappa shape index (κ3) is 3.39. The van der Waals surface area contributed by atoms with Crippen molar-refractivity contribution < 1.29 is 13.2 Å². The molecular weight excluding hydrogens is 342 g/mol. The quantitative estimate of drug-likeness (QED) is 0.894. The Bertz CT molecular complexity index is 687. The van der Waals surface area contributed by atoms with Gasteiger partial charge in [0.25, 0.3) is 10.0 Å². The summed E-state index contributed by atoms with van der Waals surface area (Å²) in [6.45, 7) is 0.314. The molecule has 0 aliphatic rings. The molecule has 0 atom stereocenters. The Hall–Kier alpha value is -1.37. The second-order valence-corrected chi connectivity index (χ2v) is 6.65. The minimum absolute atomic E-state index is 0.225. The number of halogens is 1. The zero-order valence-corrected chi connectivity index (χ0v) is 13.2. The number of hydrogen-bond acceptors (Lipinski definition) is 3. The fraction of sp³-hybridized carbons (Fsp3) is 0.143. The van der Waals surface area contributed by atoms with Gasteiger partial charge >= 0.3 is 0 Å². The van der Waals surface area contributed by atoms with Crippen LogP contribution in [0.3, 0.4) is 0 Å². The Labute approximate surface area is 127 Å². The fourth-order valence-corrected chi connectivity index (χ4v) is 3.34. The van der Waals surface area contributed by atoms with Gasteiger partial charge in [0.1, 0.15) is 0 Å². The topological polar surface area (TPSA) is 55.4 Å². The number of sulfonamides is 1. The lowest BCUT2D eigenvalue weighted by Crippen LogP contribution is -2.14. The van der Waals surface area contributed by atoms with Crippen LogP contribution in [0.4, 0.5) is 5.69 Å². The predicted octanol–water partition coefficient (Wildman–Crippen LogP) is 3.40. The minimum atomic E-state index is -3.60. The third-order valence-electron chi connectivity index (χ3n) is 2.71. The van der Waals surface area contributed by atoms with Crippen LogP contribution in [-0.2, 0) is 21.4 Å². The Morgan fingerprint density at radius 2 is 1.80 bits per heavy atom. The number of ether oxygens (including phenoxy) is 1. The predicted molar refractivity (Wildman–Crippen MR) is 82.1 cm³/mol. The molecule has 0 spiro atoms. The first-order valence-electron chi connectivity index (χ1n) is 5.89.